The van der Waals surface area contributed by atoms with E-state index in [0.29, 0.717) is 17.6 Å². The number of carbonyl (C=O) groups excluding carboxylic acids is 1. The summed E-state index contributed by atoms with van der Waals surface area (Å²) in [4.78, 5) is 19.3. The van der Waals surface area contributed by atoms with E-state index in [4.69, 9.17) is 5.73 Å². The molecule has 144 valence electrons. The zero-order valence-corrected chi connectivity index (χ0v) is 16.1. The van der Waals surface area contributed by atoms with Gasteiger partial charge in [0.05, 0.1) is 11.7 Å². The van der Waals surface area contributed by atoms with Crippen molar-refractivity contribution < 1.29 is 4.79 Å². The highest BCUT2D eigenvalue weighted by atomic mass is 16.1. The lowest BCUT2D eigenvalue weighted by molar-refractivity contribution is 0.0941. The minimum absolute atomic E-state index is 0.145. The normalized spacial score (nSPS) is 20.8. The topological polar surface area (TPSA) is 83.3 Å². The van der Waals surface area contributed by atoms with E-state index in [0.717, 1.165) is 37.3 Å². The molecule has 1 amide bonds. The fourth-order valence-corrected chi connectivity index (χ4v) is 4.13. The minimum atomic E-state index is -0.374. The Labute approximate surface area is 156 Å². The first-order valence-electron chi connectivity index (χ1n) is 10.1. The Morgan fingerprint density at radius 2 is 1.85 bits per heavy atom. The van der Waals surface area contributed by atoms with Gasteiger partial charge in [-0.25, -0.2) is 4.98 Å². The predicted molar refractivity (Wildman–Crippen MR) is 105 cm³/mol. The van der Waals surface area contributed by atoms with Crippen LogP contribution in [-0.4, -0.2) is 42.2 Å². The molecule has 1 aromatic rings. The average Bonchev–Trinajstić information content (AvgIpc) is 2.63. The summed E-state index contributed by atoms with van der Waals surface area (Å²) in [6.45, 7) is 5.58. The number of rotatable bonds is 5. The first-order chi connectivity index (χ1) is 12.5. The molecule has 6 nitrogen and oxygen atoms in total. The summed E-state index contributed by atoms with van der Waals surface area (Å²) in [6.07, 6.45) is 10.4. The van der Waals surface area contributed by atoms with Gasteiger partial charge in [0.25, 0.3) is 5.91 Å². The smallest absolute Gasteiger partial charge is 0.256 e. The Hall–Kier alpha value is -1.66. The number of amides is 1. The maximum atomic E-state index is 12.5. The van der Waals surface area contributed by atoms with Crippen molar-refractivity contribution in [1.82, 2.24) is 15.6 Å². The van der Waals surface area contributed by atoms with Gasteiger partial charge in [-0.1, -0.05) is 19.3 Å². The van der Waals surface area contributed by atoms with E-state index in [1.165, 1.54) is 32.1 Å². The van der Waals surface area contributed by atoms with Crippen molar-refractivity contribution in [3.8, 4) is 0 Å². The highest BCUT2D eigenvalue weighted by molar-refractivity contribution is 5.99. The van der Waals surface area contributed by atoms with Gasteiger partial charge in [-0.2, -0.15) is 0 Å². The molecule has 1 atom stereocenters. The van der Waals surface area contributed by atoms with Gasteiger partial charge in [-0.15, -0.1) is 0 Å². The summed E-state index contributed by atoms with van der Waals surface area (Å²) < 4.78 is 0. The van der Waals surface area contributed by atoms with Crippen LogP contribution in [0.3, 0.4) is 0 Å². The van der Waals surface area contributed by atoms with Crippen LogP contribution >= 0.6 is 0 Å². The quantitative estimate of drug-likeness (QED) is 0.703. The predicted octanol–water partition coefficient (Wildman–Crippen LogP) is 2.32. The van der Waals surface area contributed by atoms with Gasteiger partial charge in [0.1, 0.15) is 5.82 Å². The van der Waals surface area contributed by atoms with Gasteiger partial charge >= 0.3 is 0 Å². The van der Waals surface area contributed by atoms with Crippen LogP contribution in [0.15, 0.2) is 12.3 Å². The maximum Gasteiger partial charge on any atom is 0.256 e. The minimum Gasteiger partial charge on any atom is -0.356 e. The zero-order chi connectivity index (χ0) is 18.5. The van der Waals surface area contributed by atoms with Crippen LogP contribution in [0.2, 0.25) is 0 Å². The lowest BCUT2D eigenvalue weighted by Gasteiger charge is -2.36. The average molecular weight is 360 g/mol. The summed E-state index contributed by atoms with van der Waals surface area (Å²) in [5.74, 6) is 0.638. The molecule has 1 unspecified atom stereocenters. The molecule has 6 heteroatoms. The second kappa shape index (κ2) is 8.82. The Bertz CT molecular complexity index is 604. The number of nitrogens with one attached hydrogen (secondary N) is 2. The van der Waals surface area contributed by atoms with E-state index in [9.17, 15) is 4.79 Å². The van der Waals surface area contributed by atoms with Crippen molar-refractivity contribution in [2.75, 3.05) is 18.0 Å². The van der Waals surface area contributed by atoms with Gasteiger partial charge in [0, 0.05) is 31.4 Å². The number of nitrogens with zero attached hydrogens (tertiary/aromatic N) is 2. The van der Waals surface area contributed by atoms with Gasteiger partial charge in [0.2, 0.25) is 0 Å². The molecule has 1 aromatic heterocycles. The number of aryl methyl sites for hydroxylation is 1. The van der Waals surface area contributed by atoms with Crippen LogP contribution in [0.1, 0.15) is 67.8 Å². The molecule has 4 N–H and O–H groups in total. The summed E-state index contributed by atoms with van der Waals surface area (Å²) in [7, 11) is 0. The highest BCUT2D eigenvalue weighted by Gasteiger charge is 2.26. The third kappa shape index (κ3) is 4.95. The zero-order valence-electron chi connectivity index (χ0n) is 16.1. The Kier molecular flexibility index (Phi) is 6.48. The number of hydrogen-bond acceptors (Lipinski definition) is 5. The summed E-state index contributed by atoms with van der Waals surface area (Å²) >= 11 is 0. The van der Waals surface area contributed by atoms with Crippen LogP contribution in [0.5, 0.6) is 0 Å². The van der Waals surface area contributed by atoms with Crippen LogP contribution in [0.25, 0.3) is 0 Å². The van der Waals surface area contributed by atoms with E-state index in [1.54, 1.807) is 6.92 Å². The molecule has 2 heterocycles. The molecule has 0 bridgehead atoms. The first kappa shape index (κ1) is 19.1. The number of carbonyl (C=O) groups is 1. The Morgan fingerprint density at radius 3 is 2.50 bits per heavy atom. The van der Waals surface area contributed by atoms with E-state index in [2.05, 4.69) is 20.5 Å². The molecule has 1 saturated carbocycles. The molecule has 0 radical (unpaired) electrons. The highest BCUT2D eigenvalue weighted by Crippen LogP contribution is 2.25. The largest absolute Gasteiger partial charge is 0.356 e. The van der Waals surface area contributed by atoms with E-state index in [1.807, 2.05) is 19.2 Å². The number of piperidine rings is 1. The molecule has 1 aliphatic carbocycles. The molecule has 2 aliphatic rings. The van der Waals surface area contributed by atoms with Gasteiger partial charge in [-0.05, 0) is 51.2 Å². The maximum absolute atomic E-state index is 12.5. The monoisotopic (exact) mass is 359 g/mol. The van der Waals surface area contributed by atoms with E-state index < -0.39 is 0 Å². The Morgan fingerprint density at radius 1 is 1.19 bits per heavy atom. The number of nitrogens with two attached hydrogens (primary N) is 1. The van der Waals surface area contributed by atoms with Crippen molar-refractivity contribution >= 4 is 11.7 Å². The van der Waals surface area contributed by atoms with Crippen molar-refractivity contribution in [2.45, 2.75) is 77.0 Å². The molecule has 2 fully saturated rings. The molecule has 26 heavy (non-hydrogen) atoms. The van der Waals surface area contributed by atoms with Gasteiger partial charge in [0.15, 0.2) is 0 Å². The third-order valence-corrected chi connectivity index (χ3v) is 5.48. The van der Waals surface area contributed by atoms with Crippen LogP contribution in [0, 0.1) is 6.92 Å². The molecule has 1 saturated heterocycles. The molecular formula is C20H33N5O. The van der Waals surface area contributed by atoms with Crippen LogP contribution in [0.4, 0.5) is 5.82 Å². The van der Waals surface area contributed by atoms with Crippen molar-refractivity contribution in [2.24, 2.45) is 5.73 Å². The lowest BCUT2D eigenvalue weighted by Crippen LogP contribution is -2.47. The number of anilines is 1. The summed E-state index contributed by atoms with van der Waals surface area (Å²) in [6, 6.07) is 3.19. The third-order valence-electron chi connectivity index (χ3n) is 5.48. The van der Waals surface area contributed by atoms with Crippen molar-refractivity contribution in [3.63, 3.8) is 0 Å². The fourth-order valence-electron chi connectivity index (χ4n) is 4.13. The fraction of sp³-hybridized carbons (Fsp3) is 0.700. The van der Waals surface area contributed by atoms with Crippen LogP contribution < -0.4 is 21.3 Å². The van der Waals surface area contributed by atoms with Gasteiger partial charge < -0.3 is 21.3 Å². The van der Waals surface area contributed by atoms with E-state index in [-0.39, 0.29) is 12.1 Å². The number of aromatic nitrogens is 1. The molecule has 0 spiro atoms. The standard InChI is InChI=1S/C20H33N5O/c1-14-12-18(20(26)23-15(2)21)19(22-13-14)25-10-8-17(9-11-25)24-16-6-4-3-5-7-16/h12-13,15-17,24H,3-11,21H2,1-2H3,(H,23,26). The number of pyridine rings is 1. The SMILES string of the molecule is Cc1cnc(N2CCC(NC3CCCCC3)CC2)c(C(=O)NC(C)N)c1. The lowest BCUT2D eigenvalue weighted by atomic mass is 9.93. The number of hydrogen-bond donors (Lipinski definition) is 3. The Balaban J connectivity index is 1.62. The van der Waals surface area contributed by atoms with Gasteiger partial charge in [-0.3, -0.25) is 4.79 Å². The molecule has 3 rings (SSSR count). The van der Waals surface area contributed by atoms with Crippen LogP contribution in [-0.2, 0) is 0 Å². The summed E-state index contributed by atoms with van der Waals surface area (Å²) in [5.41, 5.74) is 7.34. The summed E-state index contributed by atoms with van der Waals surface area (Å²) in [5, 5.41) is 6.65. The second-order valence-electron chi connectivity index (χ2n) is 7.91. The first-order valence-corrected chi connectivity index (χ1v) is 10.1. The molecular weight excluding hydrogens is 326 g/mol. The molecule has 1 aliphatic heterocycles. The molecule has 0 aromatic carbocycles. The van der Waals surface area contributed by atoms with Crippen molar-refractivity contribution in [1.29, 1.82) is 0 Å². The van der Waals surface area contributed by atoms with Crippen molar-refractivity contribution in [3.05, 3.63) is 23.4 Å². The second-order valence-corrected chi connectivity index (χ2v) is 7.91. The van der Waals surface area contributed by atoms with E-state index >= 15 is 0 Å².